The first-order valence-corrected chi connectivity index (χ1v) is 7.80. The predicted octanol–water partition coefficient (Wildman–Crippen LogP) is 1.28. The van der Waals surface area contributed by atoms with Gasteiger partial charge in [0.05, 0.1) is 6.20 Å². The number of hydrogen-bond acceptors (Lipinski definition) is 4. The third-order valence-electron chi connectivity index (χ3n) is 3.73. The number of nitrogens with zero attached hydrogens (tertiary/aromatic N) is 5. The van der Waals surface area contributed by atoms with E-state index >= 15 is 0 Å². The molecule has 2 aromatic heterocycles. The van der Waals surface area contributed by atoms with Gasteiger partial charge >= 0.3 is 5.69 Å². The van der Waals surface area contributed by atoms with E-state index < -0.39 is 5.56 Å². The molecular weight excluding hydrogens is 294 g/mol. The number of aryl methyl sites for hydroxylation is 3. The number of aromatic nitrogens is 4. The third kappa shape index (κ3) is 3.97. The fourth-order valence-corrected chi connectivity index (χ4v) is 2.46. The Kier molecular flexibility index (Phi) is 5.52. The molecule has 0 aliphatic carbocycles. The summed E-state index contributed by atoms with van der Waals surface area (Å²) in [7, 11) is 0. The normalized spacial score (nSPS) is 10.7. The summed E-state index contributed by atoms with van der Waals surface area (Å²) in [5, 5.41) is 13.2. The Morgan fingerprint density at radius 2 is 1.91 bits per heavy atom. The van der Waals surface area contributed by atoms with Crippen molar-refractivity contribution in [2.24, 2.45) is 0 Å². The molecule has 0 fully saturated rings. The van der Waals surface area contributed by atoms with Crippen LogP contribution in [0.1, 0.15) is 37.3 Å². The highest BCUT2D eigenvalue weighted by molar-refractivity contribution is 5.22. The molecule has 7 heteroatoms. The molecular formula is C16H21N5O2. The molecule has 0 N–H and O–H groups in total. The lowest BCUT2D eigenvalue weighted by atomic mass is 10.2. The molecule has 23 heavy (non-hydrogen) atoms. The van der Waals surface area contributed by atoms with Crippen LogP contribution in [0.3, 0.4) is 0 Å². The summed E-state index contributed by atoms with van der Waals surface area (Å²) in [6, 6.07) is 1.86. The Morgan fingerprint density at radius 3 is 2.52 bits per heavy atom. The van der Waals surface area contributed by atoms with Crippen molar-refractivity contribution in [3.63, 3.8) is 0 Å². The molecule has 0 aromatic carbocycles. The van der Waals surface area contributed by atoms with Gasteiger partial charge in [-0.2, -0.15) is 10.4 Å². The van der Waals surface area contributed by atoms with Crippen molar-refractivity contribution in [2.75, 3.05) is 0 Å². The molecule has 0 saturated heterocycles. The average molecular weight is 315 g/mol. The number of unbranched alkanes of at least 4 members (excludes halogenated alkanes) is 2. The van der Waals surface area contributed by atoms with Crippen LogP contribution < -0.4 is 11.2 Å². The van der Waals surface area contributed by atoms with E-state index in [0.717, 1.165) is 24.9 Å². The van der Waals surface area contributed by atoms with Crippen LogP contribution in [0.25, 0.3) is 0 Å². The fraction of sp³-hybridized carbons (Fsp3) is 0.500. The first-order chi connectivity index (χ1) is 11.1. The minimum Gasteiger partial charge on any atom is -0.299 e. The van der Waals surface area contributed by atoms with Gasteiger partial charge in [-0.25, -0.2) is 4.79 Å². The first kappa shape index (κ1) is 16.7. The molecule has 2 rings (SSSR count). The molecule has 0 bridgehead atoms. The van der Waals surface area contributed by atoms with E-state index in [1.54, 1.807) is 0 Å². The van der Waals surface area contributed by atoms with Crippen molar-refractivity contribution in [2.45, 2.75) is 52.7 Å². The molecule has 2 aromatic rings. The molecule has 0 radical (unpaired) electrons. The Balaban J connectivity index is 1.96. The quantitative estimate of drug-likeness (QED) is 0.720. The van der Waals surface area contributed by atoms with Gasteiger partial charge in [0, 0.05) is 32.0 Å². The Labute approximate surface area is 134 Å². The summed E-state index contributed by atoms with van der Waals surface area (Å²) in [6.45, 7) is 5.40. The summed E-state index contributed by atoms with van der Waals surface area (Å²) in [6.07, 6.45) is 7.67. The van der Waals surface area contributed by atoms with Crippen LogP contribution in [-0.2, 0) is 19.6 Å². The van der Waals surface area contributed by atoms with E-state index in [1.807, 2.05) is 37.0 Å². The second-order valence-electron chi connectivity index (χ2n) is 5.52. The molecule has 122 valence electrons. The summed E-state index contributed by atoms with van der Waals surface area (Å²) in [5.41, 5.74) is 0.299. The predicted molar refractivity (Wildman–Crippen MR) is 86.2 cm³/mol. The van der Waals surface area contributed by atoms with Crippen LogP contribution >= 0.6 is 0 Å². The smallest absolute Gasteiger partial charge is 0.299 e. The molecule has 0 amide bonds. The number of nitriles is 1. The fourth-order valence-electron chi connectivity index (χ4n) is 2.46. The van der Waals surface area contributed by atoms with Crippen LogP contribution in [-0.4, -0.2) is 18.9 Å². The van der Waals surface area contributed by atoms with Gasteiger partial charge in [0.25, 0.3) is 5.56 Å². The topological polar surface area (TPSA) is 85.6 Å². The van der Waals surface area contributed by atoms with Crippen molar-refractivity contribution >= 4 is 0 Å². The van der Waals surface area contributed by atoms with Crippen molar-refractivity contribution in [1.29, 1.82) is 5.26 Å². The number of hydrogen-bond donors (Lipinski definition) is 0. The first-order valence-electron chi connectivity index (χ1n) is 7.80. The molecule has 0 aliphatic heterocycles. The van der Waals surface area contributed by atoms with E-state index in [1.165, 1.54) is 15.3 Å². The van der Waals surface area contributed by atoms with E-state index in [9.17, 15) is 9.59 Å². The molecule has 2 heterocycles. The van der Waals surface area contributed by atoms with E-state index in [2.05, 4.69) is 5.10 Å². The van der Waals surface area contributed by atoms with Crippen molar-refractivity contribution < 1.29 is 0 Å². The third-order valence-corrected chi connectivity index (χ3v) is 3.73. The van der Waals surface area contributed by atoms with E-state index in [4.69, 9.17) is 5.26 Å². The van der Waals surface area contributed by atoms with Crippen molar-refractivity contribution in [3.05, 3.63) is 50.6 Å². The highest BCUT2D eigenvalue weighted by Crippen LogP contribution is 2.01. The van der Waals surface area contributed by atoms with Gasteiger partial charge in [-0.15, -0.1) is 0 Å². The zero-order valence-corrected chi connectivity index (χ0v) is 13.5. The van der Waals surface area contributed by atoms with Gasteiger partial charge in [0.1, 0.15) is 11.6 Å². The van der Waals surface area contributed by atoms with Gasteiger partial charge in [-0.3, -0.25) is 18.6 Å². The highest BCUT2D eigenvalue weighted by atomic mass is 16.2. The summed E-state index contributed by atoms with van der Waals surface area (Å²) in [4.78, 5) is 24.3. The number of rotatable bonds is 7. The van der Waals surface area contributed by atoms with Gasteiger partial charge < -0.3 is 0 Å². The van der Waals surface area contributed by atoms with Crippen LogP contribution in [0, 0.1) is 18.3 Å². The van der Waals surface area contributed by atoms with Crippen LogP contribution in [0.4, 0.5) is 0 Å². The van der Waals surface area contributed by atoms with Crippen LogP contribution in [0.2, 0.25) is 0 Å². The van der Waals surface area contributed by atoms with E-state index in [0.29, 0.717) is 19.5 Å². The molecule has 0 spiro atoms. The highest BCUT2D eigenvalue weighted by Gasteiger charge is 2.10. The van der Waals surface area contributed by atoms with Crippen molar-refractivity contribution in [1.82, 2.24) is 18.9 Å². The minimum absolute atomic E-state index is 0.0125. The second-order valence-corrected chi connectivity index (χ2v) is 5.52. The molecule has 0 aliphatic rings. The van der Waals surface area contributed by atoms with Gasteiger partial charge in [-0.1, -0.05) is 0 Å². The second kappa shape index (κ2) is 7.58. The molecule has 0 unspecified atom stereocenters. The summed E-state index contributed by atoms with van der Waals surface area (Å²) < 4.78 is 4.45. The van der Waals surface area contributed by atoms with E-state index in [-0.39, 0.29) is 11.3 Å². The SMILES string of the molecule is CCn1cc(C#N)c(=O)n(CCCCCn2cc(C)cn2)c1=O. The zero-order valence-electron chi connectivity index (χ0n) is 13.5. The maximum atomic E-state index is 12.2. The summed E-state index contributed by atoms with van der Waals surface area (Å²) in [5.74, 6) is 0. The zero-order chi connectivity index (χ0) is 16.8. The lowest BCUT2D eigenvalue weighted by Crippen LogP contribution is -2.40. The molecule has 0 saturated carbocycles. The maximum Gasteiger partial charge on any atom is 0.331 e. The Hall–Kier alpha value is -2.62. The minimum atomic E-state index is -0.495. The van der Waals surface area contributed by atoms with Gasteiger partial charge in [0.2, 0.25) is 0 Å². The van der Waals surface area contributed by atoms with Crippen LogP contribution in [0.5, 0.6) is 0 Å². The summed E-state index contributed by atoms with van der Waals surface area (Å²) >= 11 is 0. The van der Waals surface area contributed by atoms with Crippen molar-refractivity contribution in [3.8, 4) is 6.07 Å². The van der Waals surface area contributed by atoms with Gasteiger partial charge in [0.15, 0.2) is 0 Å². The molecule has 0 atom stereocenters. The Morgan fingerprint density at radius 1 is 1.17 bits per heavy atom. The Bertz CT molecular complexity index is 822. The average Bonchev–Trinajstić information content (AvgIpc) is 2.95. The van der Waals surface area contributed by atoms with Gasteiger partial charge in [-0.05, 0) is 38.7 Å². The largest absolute Gasteiger partial charge is 0.331 e. The molecule has 7 nitrogen and oxygen atoms in total. The van der Waals surface area contributed by atoms with Crippen LogP contribution in [0.15, 0.2) is 28.2 Å². The monoisotopic (exact) mass is 315 g/mol. The lowest BCUT2D eigenvalue weighted by molar-refractivity contribution is 0.492. The maximum absolute atomic E-state index is 12.2. The standard InChI is InChI=1S/C16H21N5O2/c1-3-19-12-14(9-17)15(22)21(16(19)23)8-6-4-5-7-20-11-13(2)10-18-20/h10-12H,3-8H2,1-2H3. The lowest BCUT2D eigenvalue weighted by Gasteiger charge is -2.09.